The second-order valence-electron chi connectivity index (χ2n) is 6.32. The molecule has 3 heterocycles. The number of sulfonamides is 1. The Kier molecular flexibility index (Phi) is 5.33. The lowest BCUT2D eigenvalue weighted by Crippen LogP contribution is -2.50. The number of amides is 1. The zero-order valence-electron chi connectivity index (χ0n) is 14.6. The summed E-state index contributed by atoms with van der Waals surface area (Å²) in [5.41, 5.74) is 1.89. The number of hydrogen-bond acceptors (Lipinski definition) is 5. The topological polar surface area (TPSA) is 79.4 Å². The fourth-order valence-electron chi connectivity index (χ4n) is 3.16. The Balaban J connectivity index is 1.69. The van der Waals surface area contributed by atoms with Crippen molar-refractivity contribution in [1.29, 1.82) is 0 Å². The van der Waals surface area contributed by atoms with E-state index in [4.69, 9.17) is 0 Å². The van der Waals surface area contributed by atoms with Crippen LogP contribution in [-0.2, 0) is 27.8 Å². The lowest BCUT2D eigenvalue weighted by molar-refractivity contribution is -0.120. The number of pyridine rings is 1. The predicted molar refractivity (Wildman–Crippen MR) is 112 cm³/mol. The number of hydrogen-bond donors (Lipinski definition) is 1. The molecule has 0 spiro atoms. The van der Waals surface area contributed by atoms with Crippen molar-refractivity contribution in [2.45, 2.75) is 23.2 Å². The largest absolute Gasteiger partial charge is 0.309 e. The highest BCUT2D eigenvalue weighted by Crippen LogP contribution is 2.31. The molecule has 28 heavy (non-hydrogen) atoms. The van der Waals surface area contributed by atoms with Gasteiger partial charge in [-0.25, -0.2) is 13.4 Å². The quantitative estimate of drug-likeness (QED) is 0.621. The Morgan fingerprint density at radius 1 is 1.14 bits per heavy atom. The molecule has 0 unspecified atom stereocenters. The van der Waals surface area contributed by atoms with Gasteiger partial charge in [-0.1, -0.05) is 30.3 Å². The molecule has 3 aromatic rings. The van der Waals surface area contributed by atoms with Gasteiger partial charge < -0.3 is 5.32 Å². The van der Waals surface area contributed by atoms with E-state index in [1.165, 1.54) is 4.31 Å². The highest BCUT2D eigenvalue weighted by Gasteiger charge is 2.40. The number of thiophene rings is 1. The van der Waals surface area contributed by atoms with E-state index in [0.717, 1.165) is 26.9 Å². The van der Waals surface area contributed by atoms with Crippen molar-refractivity contribution >= 4 is 49.0 Å². The number of nitrogens with one attached hydrogen (secondary N) is 1. The highest BCUT2D eigenvalue weighted by molar-refractivity contribution is 9.10. The van der Waals surface area contributed by atoms with Crippen molar-refractivity contribution in [1.82, 2.24) is 9.29 Å². The predicted octanol–water partition coefficient (Wildman–Crippen LogP) is 3.66. The molecule has 1 amide bonds. The van der Waals surface area contributed by atoms with Gasteiger partial charge in [0.2, 0.25) is 5.91 Å². The molecule has 0 saturated heterocycles. The molecule has 1 N–H and O–H groups in total. The first-order valence-corrected chi connectivity index (χ1v) is 11.6. The van der Waals surface area contributed by atoms with Gasteiger partial charge in [-0.15, -0.1) is 11.3 Å². The number of carbonyl (C=O) groups is 1. The molecule has 0 saturated carbocycles. The van der Waals surface area contributed by atoms with Gasteiger partial charge in [0.05, 0.1) is 0 Å². The van der Waals surface area contributed by atoms with E-state index >= 15 is 0 Å². The summed E-state index contributed by atoms with van der Waals surface area (Å²) in [6.07, 6.45) is 1.88. The van der Waals surface area contributed by atoms with Gasteiger partial charge >= 0.3 is 0 Å². The van der Waals surface area contributed by atoms with Crippen LogP contribution >= 0.6 is 27.3 Å². The van der Waals surface area contributed by atoms with Gasteiger partial charge in [-0.2, -0.15) is 4.31 Å². The molecule has 0 bridgehead atoms. The standard InChI is InChI=1S/C19H16BrN3O3S2/c20-15-7-8-17(21-11-15)22-19(24)16-10-13-4-1-2-5-14(13)12-23(16)28(25,26)18-6-3-9-27-18/h1-9,11,16H,10,12H2,(H,21,22,24)/t16-/m0/s1. The Labute approximate surface area is 175 Å². The minimum absolute atomic E-state index is 0.155. The minimum atomic E-state index is -3.79. The molecule has 1 aliphatic heterocycles. The van der Waals surface area contributed by atoms with Crippen molar-refractivity contribution < 1.29 is 13.2 Å². The number of anilines is 1. The van der Waals surface area contributed by atoms with E-state index in [9.17, 15) is 13.2 Å². The third-order valence-corrected chi connectivity index (χ3v) is 8.24. The average Bonchev–Trinajstić information content (AvgIpc) is 3.24. The molecule has 0 radical (unpaired) electrons. The number of benzene rings is 1. The number of aromatic nitrogens is 1. The van der Waals surface area contributed by atoms with Crippen molar-refractivity contribution in [3.8, 4) is 0 Å². The summed E-state index contributed by atoms with van der Waals surface area (Å²) in [5, 5.41) is 4.46. The lowest BCUT2D eigenvalue weighted by Gasteiger charge is -2.34. The van der Waals surface area contributed by atoms with E-state index in [-0.39, 0.29) is 10.8 Å². The number of fused-ring (bicyclic) bond motifs is 1. The van der Waals surface area contributed by atoms with Crippen molar-refractivity contribution in [3.63, 3.8) is 0 Å². The van der Waals surface area contributed by atoms with E-state index < -0.39 is 22.0 Å². The van der Waals surface area contributed by atoms with Crippen LogP contribution in [0.3, 0.4) is 0 Å². The van der Waals surface area contributed by atoms with Crippen molar-refractivity contribution in [2.75, 3.05) is 5.32 Å². The molecule has 0 fully saturated rings. The van der Waals surface area contributed by atoms with Crippen molar-refractivity contribution in [2.24, 2.45) is 0 Å². The maximum absolute atomic E-state index is 13.2. The summed E-state index contributed by atoms with van der Waals surface area (Å²) in [6.45, 7) is 0.155. The van der Waals surface area contributed by atoms with Crippen LogP contribution in [0.25, 0.3) is 0 Å². The van der Waals surface area contributed by atoms with Crippen LogP contribution in [0.15, 0.2) is 68.8 Å². The zero-order chi connectivity index (χ0) is 19.7. The highest BCUT2D eigenvalue weighted by atomic mass is 79.9. The molecule has 1 aromatic carbocycles. The van der Waals surface area contributed by atoms with Gasteiger partial charge in [0, 0.05) is 17.2 Å². The summed E-state index contributed by atoms with van der Waals surface area (Å²) in [4.78, 5) is 17.2. The van der Waals surface area contributed by atoms with E-state index in [0.29, 0.717) is 12.2 Å². The van der Waals surface area contributed by atoms with Crippen LogP contribution in [0, 0.1) is 0 Å². The van der Waals surface area contributed by atoms with Crippen LogP contribution in [0.1, 0.15) is 11.1 Å². The summed E-state index contributed by atoms with van der Waals surface area (Å²) in [6, 6.07) is 13.4. The zero-order valence-corrected chi connectivity index (χ0v) is 17.8. The summed E-state index contributed by atoms with van der Waals surface area (Å²) < 4.78 is 28.7. The summed E-state index contributed by atoms with van der Waals surface area (Å²) in [5.74, 6) is -0.0232. The fraction of sp³-hybridized carbons (Fsp3) is 0.158. The average molecular weight is 478 g/mol. The molecule has 144 valence electrons. The molecule has 2 aromatic heterocycles. The third-order valence-electron chi connectivity index (χ3n) is 4.54. The van der Waals surface area contributed by atoms with E-state index in [2.05, 4.69) is 26.2 Å². The SMILES string of the molecule is O=C(Nc1ccc(Br)cn1)[C@@H]1Cc2ccccc2CN1S(=O)(=O)c1cccs1. The van der Waals surface area contributed by atoms with Gasteiger partial charge in [0.15, 0.2) is 0 Å². The first-order valence-electron chi connectivity index (χ1n) is 8.50. The van der Waals surface area contributed by atoms with Crippen molar-refractivity contribution in [3.05, 3.63) is 75.7 Å². The number of rotatable bonds is 4. The van der Waals surface area contributed by atoms with Crippen LogP contribution in [0.2, 0.25) is 0 Å². The lowest BCUT2D eigenvalue weighted by atomic mass is 9.95. The summed E-state index contributed by atoms with van der Waals surface area (Å²) in [7, 11) is -3.79. The van der Waals surface area contributed by atoms with Crippen LogP contribution < -0.4 is 5.32 Å². The normalized spacial score (nSPS) is 17.1. The smallest absolute Gasteiger partial charge is 0.253 e. The monoisotopic (exact) mass is 477 g/mol. The number of nitrogens with zero attached hydrogens (tertiary/aromatic N) is 2. The van der Waals surface area contributed by atoms with Gasteiger partial charge in [0.25, 0.3) is 10.0 Å². The summed E-state index contributed by atoms with van der Waals surface area (Å²) >= 11 is 4.45. The van der Waals surface area contributed by atoms with Gasteiger partial charge in [0.1, 0.15) is 16.1 Å². The molecule has 4 rings (SSSR count). The maximum atomic E-state index is 13.2. The molecular formula is C19H16BrN3O3S2. The van der Waals surface area contributed by atoms with Crippen LogP contribution in [0.4, 0.5) is 5.82 Å². The molecule has 0 aliphatic carbocycles. The van der Waals surface area contributed by atoms with E-state index in [1.54, 1.807) is 35.8 Å². The molecule has 9 heteroatoms. The fourth-order valence-corrected chi connectivity index (χ4v) is 6.08. The second kappa shape index (κ2) is 7.75. The Bertz CT molecular complexity index is 1100. The number of halogens is 1. The molecule has 1 aliphatic rings. The number of carbonyl (C=O) groups excluding carboxylic acids is 1. The van der Waals surface area contributed by atoms with Crippen LogP contribution in [0.5, 0.6) is 0 Å². The Morgan fingerprint density at radius 2 is 1.93 bits per heavy atom. The minimum Gasteiger partial charge on any atom is -0.309 e. The molecule has 1 atom stereocenters. The molecule has 6 nitrogen and oxygen atoms in total. The first kappa shape index (κ1) is 19.3. The van der Waals surface area contributed by atoms with Gasteiger partial charge in [-0.05, 0) is 57.1 Å². The second-order valence-corrected chi connectivity index (χ2v) is 10.3. The van der Waals surface area contributed by atoms with Crippen LogP contribution in [-0.4, -0.2) is 29.7 Å². The molecular weight excluding hydrogens is 462 g/mol. The van der Waals surface area contributed by atoms with Gasteiger partial charge in [-0.3, -0.25) is 4.79 Å². The van der Waals surface area contributed by atoms with E-state index in [1.807, 2.05) is 24.3 Å². The first-order chi connectivity index (χ1) is 13.4. The Morgan fingerprint density at radius 3 is 2.61 bits per heavy atom. The maximum Gasteiger partial charge on any atom is 0.253 e. The third kappa shape index (κ3) is 3.75. The Hall–Kier alpha value is -2.07.